The van der Waals surface area contributed by atoms with Gasteiger partial charge in [-0.15, -0.1) is 0 Å². The lowest BCUT2D eigenvalue weighted by Crippen LogP contribution is -2.44. The number of hydrogen-bond donors (Lipinski definition) is 1. The van der Waals surface area contributed by atoms with Crippen LogP contribution in [0.15, 0.2) is 72.8 Å². The van der Waals surface area contributed by atoms with Gasteiger partial charge in [0.15, 0.2) is 0 Å². The van der Waals surface area contributed by atoms with Crippen LogP contribution in [0.25, 0.3) is 0 Å². The highest BCUT2D eigenvalue weighted by Crippen LogP contribution is 2.33. The molecule has 6 heteroatoms. The zero-order chi connectivity index (χ0) is 24.5. The van der Waals surface area contributed by atoms with E-state index in [4.69, 9.17) is 0 Å². The summed E-state index contributed by atoms with van der Waals surface area (Å²) < 4.78 is 0. The van der Waals surface area contributed by atoms with Gasteiger partial charge in [0.05, 0.1) is 23.8 Å². The van der Waals surface area contributed by atoms with Gasteiger partial charge in [-0.05, 0) is 62.1 Å². The molecule has 3 amide bonds. The smallest absolute Gasteiger partial charge is 0.256 e. The first-order valence-electron chi connectivity index (χ1n) is 12.1. The minimum atomic E-state index is -0.434. The number of nitrogens with one attached hydrogen (secondary N) is 1. The van der Waals surface area contributed by atoms with Crippen LogP contribution in [-0.4, -0.2) is 35.2 Å². The summed E-state index contributed by atoms with van der Waals surface area (Å²) in [6, 6.07) is 22.2. The maximum atomic E-state index is 13.5. The third-order valence-corrected chi connectivity index (χ3v) is 6.94. The van der Waals surface area contributed by atoms with Crippen LogP contribution in [0.5, 0.6) is 0 Å². The Balaban J connectivity index is 1.39. The van der Waals surface area contributed by atoms with E-state index in [1.54, 1.807) is 21.9 Å². The molecule has 5 rings (SSSR count). The number of para-hydroxylation sites is 1. The minimum absolute atomic E-state index is 0.0661. The number of rotatable bonds is 5. The van der Waals surface area contributed by atoms with Crippen molar-refractivity contribution in [2.45, 2.75) is 45.3 Å². The van der Waals surface area contributed by atoms with Gasteiger partial charge in [-0.1, -0.05) is 54.1 Å². The Bertz CT molecular complexity index is 1280. The summed E-state index contributed by atoms with van der Waals surface area (Å²) in [4.78, 5) is 43.1. The van der Waals surface area contributed by atoms with Crippen molar-refractivity contribution in [3.05, 3.63) is 101 Å². The molecule has 2 heterocycles. The number of amides is 3. The van der Waals surface area contributed by atoms with Crippen molar-refractivity contribution < 1.29 is 14.4 Å². The van der Waals surface area contributed by atoms with Gasteiger partial charge in [-0.2, -0.15) is 0 Å². The maximum Gasteiger partial charge on any atom is 0.256 e. The first kappa shape index (κ1) is 22.8. The molecule has 0 aromatic heterocycles. The quantitative estimate of drug-likeness (QED) is 0.595. The lowest BCUT2D eigenvalue weighted by molar-refractivity contribution is -0.122. The normalized spacial score (nSPS) is 18.1. The van der Waals surface area contributed by atoms with Gasteiger partial charge in [0.1, 0.15) is 6.04 Å². The van der Waals surface area contributed by atoms with Gasteiger partial charge >= 0.3 is 0 Å². The molecule has 0 saturated carbocycles. The van der Waals surface area contributed by atoms with E-state index in [1.165, 1.54) is 5.56 Å². The zero-order valence-electron chi connectivity index (χ0n) is 20.0. The molecule has 2 aliphatic rings. The molecule has 3 aromatic rings. The predicted molar refractivity (Wildman–Crippen MR) is 135 cm³/mol. The number of anilines is 1. The van der Waals surface area contributed by atoms with Crippen molar-refractivity contribution in [1.82, 2.24) is 10.2 Å². The second-order valence-electron chi connectivity index (χ2n) is 9.40. The van der Waals surface area contributed by atoms with Crippen LogP contribution in [0, 0.1) is 6.92 Å². The van der Waals surface area contributed by atoms with Crippen LogP contribution in [0.4, 0.5) is 5.69 Å². The highest BCUT2D eigenvalue weighted by atomic mass is 16.2. The van der Waals surface area contributed by atoms with E-state index in [1.807, 2.05) is 74.5 Å². The molecule has 0 unspecified atom stereocenters. The maximum absolute atomic E-state index is 13.5. The van der Waals surface area contributed by atoms with Crippen LogP contribution in [-0.2, 0) is 11.3 Å². The fourth-order valence-electron chi connectivity index (χ4n) is 4.98. The van der Waals surface area contributed by atoms with Crippen LogP contribution >= 0.6 is 0 Å². The van der Waals surface area contributed by atoms with Gasteiger partial charge in [0, 0.05) is 12.1 Å². The Morgan fingerprint density at radius 3 is 2.60 bits per heavy atom. The summed E-state index contributed by atoms with van der Waals surface area (Å²) >= 11 is 0. The Morgan fingerprint density at radius 1 is 1.03 bits per heavy atom. The molecule has 2 atom stereocenters. The monoisotopic (exact) mass is 467 g/mol. The molecule has 0 bridgehead atoms. The van der Waals surface area contributed by atoms with E-state index in [0.29, 0.717) is 36.3 Å². The Morgan fingerprint density at radius 2 is 1.80 bits per heavy atom. The number of fused-ring (bicyclic) bond motifs is 2. The van der Waals surface area contributed by atoms with Crippen molar-refractivity contribution in [1.29, 1.82) is 0 Å². The van der Waals surface area contributed by atoms with E-state index in [2.05, 4.69) is 5.32 Å². The highest BCUT2D eigenvalue weighted by Gasteiger charge is 2.41. The Labute approximate surface area is 205 Å². The summed E-state index contributed by atoms with van der Waals surface area (Å²) in [5.74, 6) is -0.319. The van der Waals surface area contributed by atoms with Crippen LogP contribution < -0.4 is 10.2 Å². The van der Waals surface area contributed by atoms with Crippen molar-refractivity contribution in [2.75, 3.05) is 11.4 Å². The van der Waals surface area contributed by atoms with Gasteiger partial charge in [0.2, 0.25) is 5.91 Å². The van der Waals surface area contributed by atoms with E-state index >= 15 is 0 Å². The van der Waals surface area contributed by atoms with Crippen molar-refractivity contribution in [3.8, 4) is 0 Å². The van der Waals surface area contributed by atoms with E-state index in [0.717, 1.165) is 17.5 Å². The highest BCUT2D eigenvalue weighted by molar-refractivity contribution is 6.11. The molecule has 1 fully saturated rings. The third-order valence-electron chi connectivity index (χ3n) is 6.94. The summed E-state index contributed by atoms with van der Waals surface area (Å²) in [6.07, 6.45) is 1.50. The molecule has 178 valence electrons. The van der Waals surface area contributed by atoms with Crippen LogP contribution in [0.3, 0.4) is 0 Å². The minimum Gasteiger partial charge on any atom is -0.346 e. The van der Waals surface area contributed by atoms with Gasteiger partial charge in [-0.25, -0.2) is 0 Å². The summed E-state index contributed by atoms with van der Waals surface area (Å²) in [5, 5.41) is 3.06. The molecular weight excluding hydrogens is 438 g/mol. The molecule has 1 saturated heterocycles. The molecule has 6 nitrogen and oxygen atoms in total. The topological polar surface area (TPSA) is 69.7 Å². The number of carbonyl (C=O) groups excluding carboxylic acids is 3. The van der Waals surface area contributed by atoms with Crippen LogP contribution in [0.1, 0.15) is 63.2 Å². The molecule has 1 N–H and O–H groups in total. The van der Waals surface area contributed by atoms with Crippen molar-refractivity contribution in [2.24, 2.45) is 0 Å². The van der Waals surface area contributed by atoms with Gasteiger partial charge in [0.25, 0.3) is 11.8 Å². The fraction of sp³-hybridized carbons (Fsp3) is 0.276. The second-order valence-corrected chi connectivity index (χ2v) is 9.40. The lowest BCUT2D eigenvalue weighted by Gasteiger charge is -2.26. The number of nitrogens with zero attached hydrogens (tertiary/aromatic N) is 2. The summed E-state index contributed by atoms with van der Waals surface area (Å²) in [6.45, 7) is 4.89. The molecule has 0 radical (unpaired) electrons. The number of hydrogen-bond acceptors (Lipinski definition) is 3. The second kappa shape index (κ2) is 9.37. The summed E-state index contributed by atoms with van der Waals surface area (Å²) in [7, 11) is 0. The Kier molecular flexibility index (Phi) is 6.12. The molecule has 3 aromatic carbocycles. The fourth-order valence-corrected chi connectivity index (χ4v) is 4.98. The number of aryl methyl sites for hydroxylation is 1. The summed E-state index contributed by atoms with van der Waals surface area (Å²) in [5.41, 5.74) is 4.76. The Hall–Kier alpha value is -3.93. The van der Waals surface area contributed by atoms with E-state index < -0.39 is 6.04 Å². The van der Waals surface area contributed by atoms with Crippen molar-refractivity contribution in [3.63, 3.8) is 0 Å². The molecule has 2 aliphatic heterocycles. The van der Waals surface area contributed by atoms with Gasteiger partial charge < -0.3 is 15.1 Å². The van der Waals surface area contributed by atoms with E-state index in [9.17, 15) is 14.4 Å². The zero-order valence-corrected chi connectivity index (χ0v) is 20.0. The average molecular weight is 468 g/mol. The third kappa shape index (κ3) is 4.44. The first-order valence-corrected chi connectivity index (χ1v) is 12.1. The molecule has 35 heavy (non-hydrogen) atoms. The molecular formula is C29H29N3O3. The number of carbonyl (C=O) groups is 3. The van der Waals surface area contributed by atoms with E-state index in [-0.39, 0.29) is 23.8 Å². The first-order chi connectivity index (χ1) is 16.9. The van der Waals surface area contributed by atoms with Gasteiger partial charge in [-0.3, -0.25) is 14.4 Å². The molecule has 0 aliphatic carbocycles. The molecule has 0 spiro atoms. The largest absolute Gasteiger partial charge is 0.346 e. The lowest BCUT2D eigenvalue weighted by atomic mass is 10.0. The van der Waals surface area contributed by atoms with Crippen LogP contribution in [0.2, 0.25) is 0 Å². The SMILES string of the molecule is Cc1ccc([C@@H](C)NC(=O)c2cccc(CN3C(=O)[C@@H]4CCCN4C(=O)c4ccccc43)c2)cc1. The average Bonchev–Trinajstić information content (AvgIpc) is 3.34. The standard InChI is InChI=1S/C29H29N3O3/c1-19-12-14-22(15-13-19)20(2)30-27(33)23-8-5-7-21(17-23)18-32-25-10-4-3-9-24(25)28(34)31-16-6-11-26(31)29(32)35/h3-5,7-10,12-15,17,20,26H,6,11,16,18H2,1-2H3,(H,30,33)/t20-,26+/m1/s1. The predicted octanol–water partition coefficient (Wildman–Crippen LogP) is 4.64. The van der Waals surface area contributed by atoms with Crippen molar-refractivity contribution >= 4 is 23.4 Å². The number of benzene rings is 3.